The molecule has 1 aromatic carbocycles. The van der Waals surface area contributed by atoms with Crippen LogP contribution in [-0.2, 0) is 14.6 Å². The van der Waals surface area contributed by atoms with E-state index >= 15 is 0 Å². The van der Waals surface area contributed by atoms with Crippen molar-refractivity contribution in [2.24, 2.45) is 0 Å². The van der Waals surface area contributed by atoms with Crippen LogP contribution in [-0.4, -0.2) is 24.1 Å². The summed E-state index contributed by atoms with van der Waals surface area (Å²) in [6, 6.07) is 9.01. The van der Waals surface area contributed by atoms with Gasteiger partial charge in [0.15, 0.2) is 9.84 Å². The number of rotatable bonds is 4. The van der Waals surface area contributed by atoms with Crippen LogP contribution in [0, 0.1) is 0 Å². The number of sulfone groups is 1. The van der Waals surface area contributed by atoms with Crippen molar-refractivity contribution in [3.8, 4) is 0 Å². The first-order valence-corrected chi connectivity index (χ1v) is 8.33. The molecule has 0 bridgehead atoms. The van der Waals surface area contributed by atoms with Crippen LogP contribution in [0.1, 0.15) is 13.8 Å². The Morgan fingerprint density at radius 3 is 2.36 bits per heavy atom. The molecule has 0 fully saturated rings. The van der Waals surface area contributed by atoms with E-state index in [0.717, 1.165) is 0 Å². The van der Waals surface area contributed by atoms with Crippen molar-refractivity contribution in [1.29, 1.82) is 0 Å². The lowest BCUT2D eigenvalue weighted by atomic mass is 10.2. The molecule has 1 amide bonds. The van der Waals surface area contributed by atoms with Crippen molar-refractivity contribution < 1.29 is 13.2 Å². The Balaban J connectivity index is 2.32. The molecule has 0 atom stereocenters. The van der Waals surface area contributed by atoms with E-state index in [-0.39, 0.29) is 4.90 Å². The molecule has 116 valence electrons. The first kappa shape index (κ1) is 16.5. The number of aromatic nitrogens is 1. The van der Waals surface area contributed by atoms with Crippen LogP contribution in [0.5, 0.6) is 0 Å². The quantitative estimate of drug-likeness (QED) is 0.929. The predicted octanol–water partition coefficient (Wildman–Crippen LogP) is 2.93. The molecule has 0 saturated carbocycles. The summed E-state index contributed by atoms with van der Waals surface area (Å²) in [6.45, 7) is 2.73. The van der Waals surface area contributed by atoms with E-state index in [2.05, 4.69) is 10.3 Å². The van der Waals surface area contributed by atoms with Crippen LogP contribution in [0.2, 0.25) is 5.02 Å². The van der Waals surface area contributed by atoms with Crippen molar-refractivity contribution in [2.75, 3.05) is 5.32 Å². The number of nitrogens with zero attached hydrogens (tertiary/aromatic N) is 1. The zero-order valence-electron chi connectivity index (χ0n) is 12.1. The Labute approximate surface area is 134 Å². The number of halogens is 1. The predicted molar refractivity (Wildman–Crippen MR) is 85.6 cm³/mol. The molecule has 0 radical (unpaired) electrons. The molecule has 0 unspecified atom stereocenters. The van der Waals surface area contributed by atoms with Crippen molar-refractivity contribution >= 4 is 33.0 Å². The van der Waals surface area contributed by atoms with Crippen molar-refractivity contribution in [1.82, 2.24) is 4.98 Å². The molecule has 2 aromatic rings. The van der Waals surface area contributed by atoms with Crippen LogP contribution < -0.4 is 5.32 Å². The fourth-order valence-electron chi connectivity index (χ4n) is 1.75. The molecule has 2 rings (SSSR count). The molecule has 5 nitrogen and oxygen atoms in total. The average molecular weight is 339 g/mol. The third kappa shape index (κ3) is 3.13. The minimum atomic E-state index is -3.87. The second-order valence-electron chi connectivity index (χ2n) is 5.16. The van der Waals surface area contributed by atoms with Crippen LogP contribution >= 0.6 is 11.6 Å². The lowest BCUT2D eigenvalue weighted by molar-refractivity contribution is -0.117. The highest BCUT2D eigenvalue weighted by Gasteiger charge is 2.42. The Morgan fingerprint density at radius 1 is 1.18 bits per heavy atom. The van der Waals surface area contributed by atoms with Gasteiger partial charge in [0.1, 0.15) is 4.75 Å². The van der Waals surface area contributed by atoms with E-state index in [9.17, 15) is 13.2 Å². The van der Waals surface area contributed by atoms with Gasteiger partial charge in [0, 0.05) is 11.2 Å². The molecular weight excluding hydrogens is 324 g/mol. The van der Waals surface area contributed by atoms with Gasteiger partial charge in [-0.15, -0.1) is 0 Å². The van der Waals surface area contributed by atoms with Gasteiger partial charge in [-0.1, -0.05) is 11.6 Å². The third-order valence-electron chi connectivity index (χ3n) is 3.26. The summed E-state index contributed by atoms with van der Waals surface area (Å²) in [5.41, 5.74) is 0.437. The number of benzene rings is 1. The number of pyridine rings is 1. The number of hydrogen-bond acceptors (Lipinski definition) is 4. The van der Waals surface area contributed by atoms with Crippen LogP contribution in [0.15, 0.2) is 53.7 Å². The van der Waals surface area contributed by atoms with E-state index in [1.54, 1.807) is 18.3 Å². The van der Waals surface area contributed by atoms with E-state index in [0.29, 0.717) is 10.7 Å². The minimum absolute atomic E-state index is 0.0447. The number of amides is 1. The van der Waals surface area contributed by atoms with E-state index in [1.807, 2.05) is 0 Å². The molecule has 1 N–H and O–H groups in total. The molecule has 0 aliphatic carbocycles. The Bertz CT molecular complexity index is 772. The molecule has 0 aliphatic rings. The van der Waals surface area contributed by atoms with Crippen molar-refractivity contribution in [3.63, 3.8) is 0 Å². The zero-order valence-corrected chi connectivity index (χ0v) is 13.6. The molecule has 0 aliphatic heterocycles. The molecule has 7 heteroatoms. The number of carbonyl (C=O) groups excluding carboxylic acids is 1. The highest BCUT2D eigenvalue weighted by Crippen LogP contribution is 2.27. The largest absolute Gasteiger partial charge is 0.323 e. The minimum Gasteiger partial charge on any atom is -0.323 e. The van der Waals surface area contributed by atoms with Gasteiger partial charge in [-0.3, -0.25) is 9.78 Å². The van der Waals surface area contributed by atoms with Gasteiger partial charge in [-0.25, -0.2) is 8.42 Å². The molecule has 1 heterocycles. The van der Waals surface area contributed by atoms with Gasteiger partial charge in [0.25, 0.3) is 0 Å². The van der Waals surface area contributed by atoms with Crippen LogP contribution in [0.25, 0.3) is 0 Å². The maximum atomic E-state index is 12.7. The standard InChI is InChI=1S/C15H15ClN2O3S/c1-15(2,14(19)18-12-4-3-9-17-10-12)22(20,21)13-7-5-11(16)6-8-13/h3-10H,1-2H3,(H,18,19). The van der Waals surface area contributed by atoms with E-state index in [1.165, 1.54) is 44.3 Å². The SMILES string of the molecule is CC(C)(C(=O)Nc1cccnc1)S(=O)(=O)c1ccc(Cl)cc1. The highest BCUT2D eigenvalue weighted by molar-refractivity contribution is 7.93. The second-order valence-corrected chi connectivity index (χ2v) is 8.10. The highest BCUT2D eigenvalue weighted by atomic mass is 35.5. The van der Waals surface area contributed by atoms with Crippen molar-refractivity contribution in [2.45, 2.75) is 23.5 Å². The summed E-state index contributed by atoms with van der Waals surface area (Å²) in [5, 5.41) is 2.99. The molecule has 0 spiro atoms. The Kier molecular flexibility index (Phi) is 4.53. The molecular formula is C15H15ClN2O3S. The van der Waals surface area contributed by atoms with E-state index in [4.69, 9.17) is 11.6 Å². The number of hydrogen-bond donors (Lipinski definition) is 1. The summed E-state index contributed by atoms with van der Waals surface area (Å²) >= 11 is 5.76. The monoisotopic (exact) mass is 338 g/mol. The first-order chi connectivity index (χ1) is 10.2. The third-order valence-corrected chi connectivity index (χ3v) is 5.94. The molecule has 0 saturated heterocycles. The number of carbonyl (C=O) groups is 1. The van der Waals surface area contributed by atoms with Gasteiger partial charge < -0.3 is 5.32 Å². The fourth-order valence-corrected chi connectivity index (χ4v) is 3.25. The lowest BCUT2D eigenvalue weighted by Gasteiger charge is -2.23. The zero-order chi connectivity index (χ0) is 16.4. The average Bonchev–Trinajstić information content (AvgIpc) is 2.48. The molecule has 1 aromatic heterocycles. The maximum Gasteiger partial charge on any atom is 0.245 e. The molecule has 22 heavy (non-hydrogen) atoms. The summed E-state index contributed by atoms with van der Waals surface area (Å²) in [4.78, 5) is 16.3. The summed E-state index contributed by atoms with van der Waals surface area (Å²) < 4.78 is 23.7. The summed E-state index contributed by atoms with van der Waals surface area (Å²) in [6.07, 6.45) is 3.01. The van der Waals surface area contributed by atoms with E-state index < -0.39 is 20.5 Å². The topological polar surface area (TPSA) is 76.1 Å². The van der Waals surface area contributed by atoms with Crippen LogP contribution in [0.4, 0.5) is 5.69 Å². The smallest absolute Gasteiger partial charge is 0.245 e. The van der Waals surface area contributed by atoms with Crippen LogP contribution in [0.3, 0.4) is 0 Å². The number of nitrogens with one attached hydrogen (secondary N) is 1. The normalized spacial score (nSPS) is 12.0. The second kappa shape index (κ2) is 6.06. The van der Waals surface area contributed by atoms with Gasteiger partial charge >= 0.3 is 0 Å². The number of anilines is 1. The Hall–Kier alpha value is -1.92. The Morgan fingerprint density at radius 2 is 1.82 bits per heavy atom. The lowest BCUT2D eigenvalue weighted by Crippen LogP contribution is -2.44. The summed E-state index contributed by atoms with van der Waals surface area (Å²) in [7, 11) is -3.87. The fraction of sp³-hybridized carbons (Fsp3) is 0.200. The summed E-state index contributed by atoms with van der Waals surface area (Å²) in [5.74, 6) is -0.629. The van der Waals surface area contributed by atoms with Crippen molar-refractivity contribution in [3.05, 3.63) is 53.8 Å². The van der Waals surface area contributed by atoms with Gasteiger partial charge in [-0.05, 0) is 50.2 Å². The van der Waals surface area contributed by atoms with Gasteiger partial charge in [0.05, 0.1) is 16.8 Å². The maximum absolute atomic E-state index is 12.7. The van der Waals surface area contributed by atoms with Gasteiger partial charge in [0.2, 0.25) is 5.91 Å². The van der Waals surface area contributed by atoms with Gasteiger partial charge in [-0.2, -0.15) is 0 Å². The first-order valence-electron chi connectivity index (χ1n) is 6.47.